The van der Waals surface area contributed by atoms with Crippen LogP contribution in [-0.2, 0) is 16.0 Å². The standard InChI is InChI=1S/C12H19N3O3.C6H4ClF/c1-9-4-11(18-15-9)5-12(16)14-7-10-6-13-2-3-17-8-10;7-5-3-1-2-4-6(5)8/h4,10,13H,2-3,5-8H2,1H3,(H,14,16);1-4H. The molecule has 2 heterocycles. The molecule has 3 rings (SSSR count). The van der Waals surface area contributed by atoms with Gasteiger partial charge in [0, 0.05) is 31.6 Å². The monoisotopic (exact) mass is 383 g/mol. The zero-order chi connectivity index (χ0) is 18.8. The molecular weight excluding hydrogens is 361 g/mol. The van der Waals surface area contributed by atoms with Gasteiger partial charge in [-0.05, 0) is 19.1 Å². The van der Waals surface area contributed by atoms with Crippen LogP contribution in [0.3, 0.4) is 0 Å². The summed E-state index contributed by atoms with van der Waals surface area (Å²) in [5.74, 6) is 0.512. The van der Waals surface area contributed by atoms with Crippen LogP contribution in [-0.4, -0.2) is 43.9 Å². The Hall–Kier alpha value is -1.96. The molecule has 0 spiro atoms. The van der Waals surface area contributed by atoms with Gasteiger partial charge in [-0.15, -0.1) is 0 Å². The molecule has 26 heavy (non-hydrogen) atoms. The average Bonchev–Trinajstić information content (AvgIpc) is 2.86. The van der Waals surface area contributed by atoms with Crippen LogP contribution in [0.15, 0.2) is 34.9 Å². The van der Waals surface area contributed by atoms with Gasteiger partial charge in [0.25, 0.3) is 0 Å². The van der Waals surface area contributed by atoms with Crippen LogP contribution < -0.4 is 10.6 Å². The molecule has 1 aliphatic heterocycles. The summed E-state index contributed by atoms with van der Waals surface area (Å²) in [6.45, 7) is 5.64. The van der Waals surface area contributed by atoms with Gasteiger partial charge in [-0.1, -0.05) is 28.9 Å². The lowest BCUT2D eigenvalue weighted by molar-refractivity contribution is -0.121. The molecule has 142 valence electrons. The minimum atomic E-state index is -0.367. The molecule has 1 aliphatic rings. The Morgan fingerprint density at radius 2 is 2.27 bits per heavy atom. The fourth-order valence-electron chi connectivity index (χ4n) is 2.31. The molecule has 1 amide bonds. The van der Waals surface area contributed by atoms with E-state index in [1.807, 2.05) is 6.92 Å². The molecule has 2 aromatic rings. The number of benzene rings is 1. The Morgan fingerprint density at radius 1 is 1.46 bits per heavy atom. The van der Waals surface area contributed by atoms with Crippen molar-refractivity contribution >= 4 is 17.5 Å². The second-order valence-corrected chi connectivity index (χ2v) is 6.38. The number of hydrogen-bond donors (Lipinski definition) is 2. The summed E-state index contributed by atoms with van der Waals surface area (Å²) in [6, 6.07) is 7.89. The minimum absolute atomic E-state index is 0.0459. The fraction of sp³-hybridized carbons (Fsp3) is 0.444. The van der Waals surface area contributed by atoms with Crippen LogP contribution in [0.1, 0.15) is 11.5 Å². The number of rotatable bonds is 4. The van der Waals surface area contributed by atoms with E-state index >= 15 is 0 Å². The van der Waals surface area contributed by atoms with E-state index in [0.717, 1.165) is 25.4 Å². The third kappa shape index (κ3) is 7.51. The van der Waals surface area contributed by atoms with E-state index in [4.69, 9.17) is 20.9 Å². The molecule has 0 bridgehead atoms. The van der Waals surface area contributed by atoms with Gasteiger partial charge >= 0.3 is 0 Å². The first-order valence-corrected chi connectivity index (χ1v) is 8.79. The van der Waals surface area contributed by atoms with Crippen molar-refractivity contribution in [2.75, 3.05) is 32.8 Å². The van der Waals surface area contributed by atoms with Crippen molar-refractivity contribution in [3.8, 4) is 0 Å². The molecule has 2 N–H and O–H groups in total. The predicted molar refractivity (Wildman–Crippen MR) is 96.5 cm³/mol. The number of nitrogens with zero attached hydrogens (tertiary/aromatic N) is 1. The second kappa shape index (κ2) is 10.9. The van der Waals surface area contributed by atoms with Crippen LogP contribution in [0.2, 0.25) is 5.02 Å². The molecule has 6 nitrogen and oxygen atoms in total. The van der Waals surface area contributed by atoms with Crippen molar-refractivity contribution in [2.45, 2.75) is 13.3 Å². The molecule has 1 unspecified atom stereocenters. The number of nitrogens with one attached hydrogen (secondary N) is 2. The Kier molecular flexibility index (Phi) is 8.53. The first-order valence-electron chi connectivity index (χ1n) is 8.42. The summed E-state index contributed by atoms with van der Waals surface area (Å²) in [5.41, 5.74) is 0.791. The van der Waals surface area contributed by atoms with Crippen LogP contribution in [0.4, 0.5) is 4.39 Å². The summed E-state index contributed by atoms with van der Waals surface area (Å²) in [6.07, 6.45) is 0.238. The maximum absolute atomic E-state index is 12.2. The van der Waals surface area contributed by atoms with Gasteiger partial charge in [0.15, 0.2) is 0 Å². The van der Waals surface area contributed by atoms with Crippen LogP contribution in [0.25, 0.3) is 0 Å². The predicted octanol–water partition coefficient (Wildman–Crippen LogP) is 2.36. The highest BCUT2D eigenvalue weighted by Gasteiger charge is 2.14. The zero-order valence-corrected chi connectivity index (χ0v) is 15.4. The summed E-state index contributed by atoms with van der Waals surface area (Å²) >= 11 is 5.33. The second-order valence-electron chi connectivity index (χ2n) is 5.97. The number of carbonyl (C=O) groups is 1. The van der Waals surface area contributed by atoms with Gasteiger partial charge < -0.3 is 19.9 Å². The Labute approximate surface area is 157 Å². The van der Waals surface area contributed by atoms with E-state index < -0.39 is 0 Å². The Morgan fingerprint density at radius 3 is 2.92 bits per heavy atom. The molecule has 0 saturated carbocycles. The number of halogens is 2. The number of hydrogen-bond acceptors (Lipinski definition) is 5. The minimum Gasteiger partial charge on any atom is -0.380 e. The maximum atomic E-state index is 12.2. The molecule has 0 aliphatic carbocycles. The highest BCUT2D eigenvalue weighted by atomic mass is 35.5. The summed E-state index contributed by atoms with van der Waals surface area (Å²) in [4.78, 5) is 11.7. The third-order valence-electron chi connectivity index (χ3n) is 3.63. The van der Waals surface area contributed by atoms with E-state index in [9.17, 15) is 9.18 Å². The number of aryl methyl sites for hydroxylation is 1. The molecule has 1 atom stereocenters. The number of carbonyl (C=O) groups excluding carboxylic acids is 1. The number of amides is 1. The molecule has 1 aromatic carbocycles. The maximum Gasteiger partial charge on any atom is 0.227 e. The lowest BCUT2D eigenvalue weighted by Gasteiger charge is -2.14. The van der Waals surface area contributed by atoms with Gasteiger partial charge in [0.05, 0.1) is 30.4 Å². The highest BCUT2D eigenvalue weighted by molar-refractivity contribution is 6.30. The number of aromatic nitrogens is 1. The van der Waals surface area contributed by atoms with E-state index in [2.05, 4.69) is 15.8 Å². The van der Waals surface area contributed by atoms with Gasteiger partial charge in [-0.2, -0.15) is 0 Å². The Balaban J connectivity index is 0.000000254. The van der Waals surface area contributed by atoms with Gasteiger partial charge in [-0.3, -0.25) is 4.79 Å². The van der Waals surface area contributed by atoms with Gasteiger partial charge in [-0.25, -0.2) is 4.39 Å². The quantitative estimate of drug-likeness (QED) is 0.847. The van der Waals surface area contributed by atoms with Crippen LogP contribution in [0, 0.1) is 18.7 Å². The van der Waals surface area contributed by atoms with Crippen molar-refractivity contribution in [2.24, 2.45) is 5.92 Å². The summed E-state index contributed by atoms with van der Waals surface area (Å²) in [5, 5.41) is 10.1. The topological polar surface area (TPSA) is 76.4 Å². The molecule has 1 fully saturated rings. The third-order valence-corrected chi connectivity index (χ3v) is 3.94. The van der Waals surface area contributed by atoms with Crippen molar-refractivity contribution in [3.63, 3.8) is 0 Å². The number of ether oxygens (including phenoxy) is 1. The lowest BCUT2D eigenvalue weighted by Crippen LogP contribution is -2.35. The molecular formula is C18H23ClFN3O3. The molecule has 1 aromatic heterocycles. The van der Waals surface area contributed by atoms with E-state index in [0.29, 0.717) is 24.8 Å². The fourth-order valence-corrected chi connectivity index (χ4v) is 2.44. The molecule has 1 saturated heterocycles. The lowest BCUT2D eigenvalue weighted by atomic mass is 10.1. The average molecular weight is 384 g/mol. The highest BCUT2D eigenvalue weighted by Crippen LogP contribution is 2.11. The van der Waals surface area contributed by atoms with Crippen molar-refractivity contribution in [1.29, 1.82) is 0 Å². The summed E-state index contributed by atoms with van der Waals surface area (Å²) < 4.78 is 22.6. The SMILES string of the molecule is Cc1cc(CC(=O)NCC2CNCCOC2)on1.Fc1ccccc1Cl. The summed E-state index contributed by atoms with van der Waals surface area (Å²) in [7, 11) is 0. The molecule has 8 heteroatoms. The molecule has 0 radical (unpaired) electrons. The zero-order valence-electron chi connectivity index (χ0n) is 14.6. The van der Waals surface area contributed by atoms with Crippen molar-refractivity contribution in [3.05, 3.63) is 52.6 Å². The first kappa shape index (κ1) is 20.4. The normalized spacial score (nSPS) is 17.0. The van der Waals surface area contributed by atoms with Crippen molar-refractivity contribution in [1.82, 2.24) is 15.8 Å². The van der Waals surface area contributed by atoms with Crippen LogP contribution in [0.5, 0.6) is 0 Å². The Bertz CT molecular complexity index is 667. The first-order chi connectivity index (χ1) is 12.5. The van der Waals surface area contributed by atoms with Crippen LogP contribution >= 0.6 is 11.6 Å². The smallest absolute Gasteiger partial charge is 0.227 e. The van der Waals surface area contributed by atoms with Gasteiger partial charge in [0.1, 0.15) is 11.6 Å². The largest absolute Gasteiger partial charge is 0.380 e. The van der Waals surface area contributed by atoms with Crippen molar-refractivity contribution < 1.29 is 18.4 Å². The van der Waals surface area contributed by atoms with E-state index in [1.54, 1.807) is 18.2 Å². The van der Waals surface area contributed by atoms with E-state index in [1.165, 1.54) is 12.1 Å². The van der Waals surface area contributed by atoms with Gasteiger partial charge in [0.2, 0.25) is 5.91 Å². The van der Waals surface area contributed by atoms with E-state index in [-0.39, 0.29) is 23.2 Å².